The SMILES string of the molecule is COc1cc(OC)nc(Nc2ccc(C(=O)O)cc2Cl)n1. The summed E-state index contributed by atoms with van der Waals surface area (Å²) in [5.41, 5.74) is 0.562. The molecule has 0 saturated heterocycles. The van der Waals surface area contributed by atoms with Crippen LogP contribution in [0.25, 0.3) is 0 Å². The van der Waals surface area contributed by atoms with Gasteiger partial charge in [0.2, 0.25) is 17.7 Å². The van der Waals surface area contributed by atoms with E-state index in [0.717, 1.165) is 0 Å². The highest BCUT2D eigenvalue weighted by molar-refractivity contribution is 6.33. The van der Waals surface area contributed by atoms with Crippen LogP contribution < -0.4 is 14.8 Å². The maximum Gasteiger partial charge on any atom is 0.335 e. The molecule has 0 radical (unpaired) electrons. The lowest BCUT2D eigenvalue weighted by molar-refractivity contribution is 0.0697. The molecule has 1 heterocycles. The van der Waals surface area contributed by atoms with E-state index in [2.05, 4.69) is 15.3 Å². The number of nitrogens with zero attached hydrogens (tertiary/aromatic N) is 2. The van der Waals surface area contributed by atoms with Gasteiger partial charge in [0.05, 0.1) is 36.6 Å². The topological polar surface area (TPSA) is 93.6 Å². The van der Waals surface area contributed by atoms with Crippen molar-refractivity contribution in [1.82, 2.24) is 9.97 Å². The van der Waals surface area contributed by atoms with E-state index in [1.54, 1.807) is 0 Å². The van der Waals surface area contributed by atoms with Gasteiger partial charge in [-0.25, -0.2) is 4.79 Å². The molecule has 7 nitrogen and oxygen atoms in total. The second kappa shape index (κ2) is 6.27. The predicted octanol–water partition coefficient (Wildman–Crippen LogP) is 2.59. The van der Waals surface area contributed by atoms with Gasteiger partial charge in [-0.2, -0.15) is 9.97 Å². The minimum Gasteiger partial charge on any atom is -0.481 e. The summed E-state index contributed by atoms with van der Waals surface area (Å²) in [5, 5.41) is 12.0. The summed E-state index contributed by atoms with van der Waals surface area (Å²) in [7, 11) is 2.94. The van der Waals surface area contributed by atoms with Crippen LogP contribution >= 0.6 is 11.6 Å². The van der Waals surface area contributed by atoms with Crippen LogP contribution in [0.4, 0.5) is 11.6 Å². The number of aromatic nitrogens is 2. The maximum absolute atomic E-state index is 10.9. The van der Waals surface area contributed by atoms with E-state index in [1.807, 2.05) is 0 Å². The standard InChI is InChI=1S/C13H12ClN3O4/c1-20-10-6-11(21-2)17-13(16-10)15-9-4-3-7(12(18)19)5-8(9)14/h3-6H,1-2H3,(H,18,19)(H,15,16,17). The molecule has 0 unspecified atom stereocenters. The van der Waals surface area contributed by atoms with E-state index >= 15 is 0 Å². The summed E-state index contributed by atoms with van der Waals surface area (Å²) in [6.07, 6.45) is 0. The quantitative estimate of drug-likeness (QED) is 0.876. The van der Waals surface area contributed by atoms with Gasteiger partial charge < -0.3 is 19.9 Å². The third-order valence-corrected chi connectivity index (χ3v) is 2.87. The summed E-state index contributed by atoms with van der Waals surface area (Å²) >= 11 is 6.03. The summed E-state index contributed by atoms with van der Waals surface area (Å²) in [6.45, 7) is 0. The number of ether oxygens (including phenoxy) is 2. The Morgan fingerprint density at radius 2 is 1.81 bits per heavy atom. The zero-order valence-electron chi connectivity index (χ0n) is 11.3. The van der Waals surface area contributed by atoms with E-state index in [-0.39, 0.29) is 16.5 Å². The highest BCUT2D eigenvalue weighted by atomic mass is 35.5. The molecule has 21 heavy (non-hydrogen) atoms. The van der Waals surface area contributed by atoms with Gasteiger partial charge >= 0.3 is 5.97 Å². The normalized spacial score (nSPS) is 10.0. The van der Waals surface area contributed by atoms with Gasteiger partial charge in [0.1, 0.15) is 0 Å². The fourth-order valence-electron chi connectivity index (χ4n) is 1.54. The molecule has 0 spiro atoms. The lowest BCUT2D eigenvalue weighted by Crippen LogP contribution is -2.02. The van der Waals surface area contributed by atoms with Crippen LogP contribution in [0.1, 0.15) is 10.4 Å². The molecule has 110 valence electrons. The summed E-state index contributed by atoms with van der Waals surface area (Å²) in [4.78, 5) is 19.0. The zero-order chi connectivity index (χ0) is 15.4. The maximum atomic E-state index is 10.9. The van der Waals surface area contributed by atoms with Crippen LogP contribution in [0, 0.1) is 0 Å². The van der Waals surface area contributed by atoms with Crippen molar-refractivity contribution in [1.29, 1.82) is 0 Å². The van der Waals surface area contributed by atoms with Crippen molar-refractivity contribution in [2.24, 2.45) is 0 Å². The van der Waals surface area contributed by atoms with Crippen LogP contribution in [0.2, 0.25) is 5.02 Å². The van der Waals surface area contributed by atoms with Gasteiger partial charge in [0, 0.05) is 0 Å². The van der Waals surface area contributed by atoms with Gasteiger partial charge in [-0.1, -0.05) is 11.6 Å². The molecule has 0 atom stereocenters. The Morgan fingerprint density at radius 3 is 2.29 bits per heavy atom. The molecule has 2 rings (SSSR count). The Balaban J connectivity index is 2.31. The molecule has 8 heteroatoms. The number of anilines is 2. The number of methoxy groups -OCH3 is 2. The van der Waals surface area contributed by atoms with E-state index in [9.17, 15) is 4.79 Å². The van der Waals surface area contributed by atoms with Crippen molar-refractivity contribution in [2.75, 3.05) is 19.5 Å². The van der Waals surface area contributed by atoms with Gasteiger partial charge in [-0.05, 0) is 18.2 Å². The number of carbonyl (C=O) groups is 1. The first-order chi connectivity index (χ1) is 10.0. The van der Waals surface area contributed by atoms with Gasteiger partial charge in [-0.3, -0.25) is 0 Å². The molecule has 0 aliphatic carbocycles. The predicted molar refractivity (Wildman–Crippen MR) is 76.8 cm³/mol. The molecule has 1 aromatic heterocycles. The largest absolute Gasteiger partial charge is 0.481 e. The second-order valence-corrected chi connectivity index (χ2v) is 4.31. The Morgan fingerprint density at radius 1 is 1.19 bits per heavy atom. The average Bonchev–Trinajstić information content (AvgIpc) is 2.48. The second-order valence-electron chi connectivity index (χ2n) is 3.90. The zero-order valence-corrected chi connectivity index (χ0v) is 12.0. The van der Waals surface area contributed by atoms with E-state index in [1.165, 1.54) is 38.5 Å². The molecule has 0 fully saturated rings. The highest BCUT2D eigenvalue weighted by Crippen LogP contribution is 2.27. The number of aromatic carboxylic acids is 1. The average molecular weight is 310 g/mol. The van der Waals surface area contributed by atoms with Crippen molar-refractivity contribution in [3.63, 3.8) is 0 Å². The van der Waals surface area contributed by atoms with E-state index in [4.69, 9.17) is 26.2 Å². The molecular weight excluding hydrogens is 298 g/mol. The van der Waals surface area contributed by atoms with Crippen LogP contribution in [-0.4, -0.2) is 35.3 Å². The van der Waals surface area contributed by atoms with E-state index < -0.39 is 5.97 Å². The van der Waals surface area contributed by atoms with Gasteiger partial charge in [0.25, 0.3) is 0 Å². The Bertz CT molecular complexity index is 656. The number of carboxylic acids is 1. The third-order valence-electron chi connectivity index (χ3n) is 2.56. The number of halogens is 1. The molecule has 0 aliphatic rings. The van der Waals surface area contributed by atoms with Gasteiger partial charge in [0.15, 0.2) is 0 Å². The first kappa shape index (κ1) is 14.9. The van der Waals surface area contributed by atoms with Crippen molar-refractivity contribution < 1.29 is 19.4 Å². The summed E-state index contributed by atoms with van der Waals surface area (Å²) < 4.78 is 10.1. The minimum atomic E-state index is -1.05. The Hall–Kier alpha value is -2.54. The first-order valence-electron chi connectivity index (χ1n) is 5.80. The molecule has 0 saturated carbocycles. The van der Waals surface area contributed by atoms with Crippen LogP contribution in [0.5, 0.6) is 11.8 Å². The molecule has 1 aromatic carbocycles. The monoisotopic (exact) mass is 309 g/mol. The van der Waals surface area contributed by atoms with Crippen molar-refractivity contribution >= 4 is 29.2 Å². The molecule has 0 bridgehead atoms. The number of nitrogens with one attached hydrogen (secondary N) is 1. The van der Waals surface area contributed by atoms with Crippen molar-refractivity contribution in [2.45, 2.75) is 0 Å². The number of hydrogen-bond acceptors (Lipinski definition) is 6. The molecule has 2 aromatic rings. The number of rotatable bonds is 5. The lowest BCUT2D eigenvalue weighted by atomic mass is 10.2. The van der Waals surface area contributed by atoms with Crippen molar-refractivity contribution in [3.8, 4) is 11.8 Å². The fourth-order valence-corrected chi connectivity index (χ4v) is 1.77. The smallest absolute Gasteiger partial charge is 0.335 e. The van der Waals surface area contributed by atoms with Gasteiger partial charge in [-0.15, -0.1) is 0 Å². The molecule has 2 N–H and O–H groups in total. The molecule has 0 amide bonds. The summed E-state index contributed by atoms with van der Waals surface area (Å²) in [5.74, 6) is -0.191. The highest BCUT2D eigenvalue weighted by Gasteiger charge is 2.10. The number of benzene rings is 1. The van der Waals surface area contributed by atoms with Crippen molar-refractivity contribution in [3.05, 3.63) is 34.9 Å². The molecule has 0 aliphatic heterocycles. The Kier molecular flexibility index (Phi) is 4.44. The van der Waals surface area contributed by atoms with E-state index in [0.29, 0.717) is 17.4 Å². The molecular formula is C13H12ClN3O4. The fraction of sp³-hybridized carbons (Fsp3) is 0.154. The minimum absolute atomic E-state index is 0.0923. The van der Waals surface area contributed by atoms with Crippen LogP contribution in [0.3, 0.4) is 0 Å². The van der Waals surface area contributed by atoms with Crippen LogP contribution in [-0.2, 0) is 0 Å². The Labute approximate surface area is 125 Å². The lowest BCUT2D eigenvalue weighted by Gasteiger charge is -2.10. The number of hydrogen-bond donors (Lipinski definition) is 2. The van der Waals surface area contributed by atoms with Crippen LogP contribution in [0.15, 0.2) is 24.3 Å². The third kappa shape index (κ3) is 3.51. The summed E-state index contributed by atoms with van der Waals surface area (Å²) in [6, 6.07) is 5.82. The first-order valence-corrected chi connectivity index (χ1v) is 6.18. The number of carboxylic acid groups (broad SMARTS) is 1.